The molecule has 54 heavy (non-hydrogen) atoms. The van der Waals surface area contributed by atoms with Gasteiger partial charge in [-0.1, -0.05) is 194 Å². The van der Waals surface area contributed by atoms with Crippen LogP contribution in [0.4, 0.5) is 0 Å². The van der Waals surface area contributed by atoms with Crippen LogP contribution in [0.5, 0.6) is 0 Å². The summed E-state index contributed by atoms with van der Waals surface area (Å²) in [6.07, 6.45) is 0. The van der Waals surface area contributed by atoms with Gasteiger partial charge in [-0.05, 0) is 72.6 Å². The van der Waals surface area contributed by atoms with Gasteiger partial charge in [-0.25, -0.2) is 9.97 Å². The second kappa shape index (κ2) is 13.4. The lowest BCUT2D eigenvalue weighted by Gasteiger charge is -2.18. The van der Waals surface area contributed by atoms with Crippen molar-refractivity contribution in [3.05, 3.63) is 206 Å². The molecular weight excluding hydrogens is 653 g/mol. The first kappa shape index (κ1) is 31.6. The minimum Gasteiger partial charge on any atom is -0.244 e. The third kappa shape index (κ3) is 5.53. The van der Waals surface area contributed by atoms with Crippen molar-refractivity contribution in [2.45, 2.75) is 0 Å². The standard InChI is InChI=1S/C52H34N2/c1-5-16-37(17-6-1)48-43-24-13-14-25-44(43)49(38-18-7-2-8-19-38)46-34-41(32-33-45(46)48)35-28-30-36(31-29-35)42-26-15-27-47-52(42)54-51(40-22-11-4-12-23-40)50(53-47)39-20-9-3-10-21-39/h1-34H. The fourth-order valence-corrected chi connectivity index (χ4v) is 7.94. The first-order valence-corrected chi connectivity index (χ1v) is 18.4. The molecule has 0 saturated heterocycles. The Hall–Kier alpha value is -7.16. The maximum Gasteiger partial charge on any atom is 0.0973 e. The SMILES string of the molecule is c1ccc(-c2nc3cccc(-c4ccc(-c5ccc6c(-c7ccccc7)c7ccccc7c(-c7ccccc7)c6c5)cc4)c3nc2-c2ccccc2)cc1. The Morgan fingerprint density at radius 1 is 0.259 bits per heavy atom. The van der Waals surface area contributed by atoms with Crippen LogP contribution in [-0.4, -0.2) is 9.97 Å². The molecule has 0 amide bonds. The molecule has 2 nitrogen and oxygen atoms in total. The lowest BCUT2D eigenvalue weighted by molar-refractivity contribution is 1.29. The lowest BCUT2D eigenvalue weighted by Crippen LogP contribution is -1.97. The highest BCUT2D eigenvalue weighted by molar-refractivity contribution is 6.22. The molecule has 0 radical (unpaired) electrons. The minimum atomic E-state index is 0.875. The van der Waals surface area contributed by atoms with Gasteiger partial charge in [0.05, 0.1) is 22.4 Å². The molecule has 9 aromatic carbocycles. The second-order valence-electron chi connectivity index (χ2n) is 13.7. The van der Waals surface area contributed by atoms with E-state index in [1.165, 1.54) is 49.4 Å². The van der Waals surface area contributed by atoms with Gasteiger partial charge in [-0.15, -0.1) is 0 Å². The fraction of sp³-hybridized carbons (Fsp3) is 0. The quantitative estimate of drug-likeness (QED) is 0.163. The van der Waals surface area contributed by atoms with Crippen molar-refractivity contribution < 1.29 is 0 Å². The summed E-state index contributed by atoms with van der Waals surface area (Å²) in [4.78, 5) is 10.6. The van der Waals surface area contributed by atoms with Crippen LogP contribution in [0.1, 0.15) is 0 Å². The first-order chi connectivity index (χ1) is 26.8. The molecule has 1 aromatic heterocycles. The van der Waals surface area contributed by atoms with Gasteiger partial charge in [-0.3, -0.25) is 0 Å². The monoisotopic (exact) mass is 686 g/mol. The van der Waals surface area contributed by atoms with Crippen molar-refractivity contribution in [2.75, 3.05) is 0 Å². The maximum absolute atomic E-state index is 5.35. The highest BCUT2D eigenvalue weighted by atomic mass is 14.8. The zero-order valence-electron chi connectivity index (χ0n) is 29.5. The average Bonchev–Trinajstić information content (AvgIpc) is 3.26. The molecule has 0 atom stereocenters. The summed E-state index contributed by atoms with van der Waals surface area (Å²) >= 11 is 0. The highest BCUT2D eigenvalue weighted by Gasteiger charge is 2.18. The summed E-state index contributed by atoms with van der Waals surface area (Å²) in [5.41, 5.74) is 15.1. The molecule has 0 N–H and O–H groups in total. The summed E-state index contributed by atoms with van der Waals surface area (Å²) in [5, 5.41) is 5.01. The van der Waals surface area contributed by atoms with Crippen molar-refractivity contribution in [1.82, 2.24) is 9.97 Å². The third-order valence-electron chi connectivity index (χ3n) is 10.5. The van der Waals surface area contributed by atoms with Crippen molar-refractivity contribution in [3.63, 3.8) is 0 Å². The molecule has 1 heterocycles. The predicted molar refractivity (Wildman–Crippen MR) is 227 cm³/mol. The molecular formula is C52H34N2. The summed E-state index contributed by atoms with van der Waals surface area (Å²) in [6, 6.07) is 73.3. The molecule has 10 aromatic rings. The number of benzene rings is 9. The maximum atomic E-state index is 5.35. The van der Waals surface area contributed by atoms with Crippen LogP contribution in [0.2, 0.25) is 0 Å². The normalized spacial score (nSPS) is 11.3. The van der Waals surface area contributed by atoms with Crippen LogP contribution < -0.4 is 0 Å². The van der Waals surface area contributed by atoms with Gasteiger partial charge >= 0.3 is 0 Å². The van der Waals surface area contributed by atoms with E-state index < -0.39 is 0 Å². The van der Waals surface area contributed by atoms with Gasteiger partial charge in [0.1, 0.15) is 0 Å². The molecule has 10 rings (SSSR count). The van der Waals surface area contributed by atoms with E-state index in [0.29, 0.717) is 0 Å². The van der Waals surface area contributed by atoms with E-state index in [1.807, 2.05) is 12.1 Å². The number of hydrogen-bond donors (Lipinski definition) is 0. The van der Waals surface area contributed by atoms with Gasteiger partial charge in [0.15, 0.2) is 0 Å². The van der Waals surface area contributed by atoms with Gasteiger partial charge in [0.25, 0.3) is 0 Å². The van der Waals surface area contributed by atoms with E-state index in [9.17, 15) is 0 Å². The molecule has 252 valence electrons. The molecule has 0 bridgehead atoms. The molecule has 0 aliphatic rings. The van der Waals surface area contributed by atoms with Crippen molar-refractivity contribution in [3.8, 4) is 67.0 Å². The Morgan fingerprint density at radius 3 is 1.28 bits per heavy atom. The Kier molecular flexibility index (Phi) is 7.85. The molecule has 0 fully saturated rings. The number of aromatic nitrogens is 2. The van der Waals surface area contributed by atoms with Gasteiger partial charge in [0.2, 0.25) is 0 Å². The third-order valence-corrected chi connectivity index (χ3v) is 10.5. The van der Waals surface area contributed by atoms with Crippen molar-refractivity contribution >= 4 is 32.6 Å². The predicted octanol–water partition coefficient (Wildman–Crippen LogP) is 13.9. The molecule has 2 heteroatoms. The average molecular weight is 687 g/mol. The first-order valence-electron chi connectivity index (χ1n) is 18.4. The van der Waals surface area contributed by atoms with Gasteiger partial charge in [0, 0.05) is 16.7 Å². The lowest BCUT2D eigenvalue weighted by atomic mass is 9.85. The summed E-state index contributed by atoms with van der Waals surface area (Å²) in [5.74, 6) is 0. The summed E-state index contributed by atoms with van der Waals surface area (Å²) < 4.78 is 0. The van der Waals surface area contributed by atoms with Crippen LogP contribution in [-0.2, 0) is 0 Å². The van der Waals surface area contributed by atoms with Crippen LogP contribution >= 0.6 is 0 Å². The molecule has 0 saturated carbocycles. The van der Waals surface area contributed by atoms with E-state index in [2.05, 4.69) is 194 Å². The van der Waals surface area contributed by atoms with Gasteiger partial charge < -0.3 is 0 Å². The number of rotatable bonds is 6. The topological polar surface area (TPSA) is 25.8 Å². The van der Waals surface area contributed by atoms with Crippen LogP contribution in [0.3, 0.4) is 0 Å². The molecule has 0 aliphatic heterocycles. The number of para-hydroxylation sites is 1. The smallest absolute Gasteiger partial charge is 0.0973 e. The van der Waals surface area contributed by atoms with Crippen molar-refractivity contribution in [2.24, 2.45) is 0 Å². The fourth-order valence-electron chi connectivity index (χ4n) is 7.94. The van der Waals surface area contributed by atoms with Crippen LogP contribution in [0.15, 0.2) is 206 Å². The minimum absolute atomic E-state index is 0.875. The van der Waals surface area contributed by atoms with E-state index in [0.717, 1.165) is 50.2 Å². The molecule has 0 aliphatic carbocycles. The number of hydrogen-bond acceptors (Lipinski definition) is 2. The molecule has 0 unspecified atom stereocenters. The molecule has 0 spiro atoms. The summed E-state index contributed by atoms with van der Waals surface area (Å²) in [6.45, 7) is 0. The van der Waals surface area contributed by atoms with E-state index >= 15 is 0 Å². The highest BCUT2D eigenvalue weighted by Crippen LogP contribution is 2.45. The Morgan fingerprint density at radius 2 is 0.704 bits per heavy atom. The van der Waals surface area contributed by atoms with E-state index in [1.54, 1.807) is 0 Å². The second-order valence-corrected chi connectivity index (χ2v) is 13.7. The van der Waals surface area contributed by atoms with E-state index in [-0.39, 0.29) is 0 Å². The van der Waals surface area contributed by atoms with Gasteiger partial charge in [-0.2, -0.15) is 0 Å². The summed E-state index contributed by atoms with van der Waals surface area (Å²) in [7, 11) is 0. The Bertz CT molecular complexity index is 2940. The Labute approximate surface area is 314 Å². The Balaban J connectivity index is 1.12. The zero-order valence-corrected chi connectivity index (χ0v) is 29.5. The zero-order chi connectivity index (χ0) is 35.8. The van der Waals surface area contributed by atoms with Crippen LogP contribution in [0, 0.1) is 0 Å². The van der Waals surface area contributed by atoms with Crippen molar-refractivity contribution in [1.29, 1.82) is 0 Å². The number of nitrogens with zero attached hydrogens (tertiary/aromatic N) is 2. The number of fused-ring (bicyclic) bond motifs is 3. The largest absolute Gasteiger partial charge is 0.244 e. The van der Waals surface area contributed by atoms with Crippen LogP contribution in [0.25, 0.3) is 99.6 Å². The van der Waals surface area contributed by atoms with E-state index in [4.69, 9.17) is 9.97 Å².